The SMILES string of the molecule is CCCCNc1ncc2c(-c3ccc(CN4CCC(OCCCOCCCc5ccc6c(c5)n(C)c(=O)n6[C@H]5CCC(=O)NC5=O)CC4)cc3)cn(C3CCCCC3)c2n1. The van der Waals surface area contributed by atoms with Gasteiger partial charge in [0.25, 0.3) is 0 Å². The summed E-state index contributed by atoms with van der Waals surface area (Å²) in [6.07, 6.45) is 18.4. The number of hydrogen-bond acceptors (Lipinski definition) is 9. The number of benzene rings is 2. The monoisotopic (exact) mass is 818 g/mol. The molecule has 1 saturated carbocycles. The molecular formula is C47H62N8O5. The number of rotatable bonds is 18. The summed E-state index contributed by atoms with van der Waals surface area (Å²) >= 11 is 0. The minimum absolute atomic E-state index is 0.227. The summed E-state index contributed by atoms with van der Waals surface area (Å²) in [6.45, 7) is 8.14. The number of imide groups is 1. The van der Waals surface area contributed by atoms with Gasteiger partial charge in [-0.15, -0.1) is 0 Å². The highest BCUT2D eigenvalue weighted by Crippen LogP contribution is 2.37. The van der Waals surface area contributed by atoms with Gasteiger partial charge in [0.05, 0.1) is 17.1 Å². The van der Waals surface area contributed by atoms with Crippen LogP contribution in [0.15, 0.2) is 59.7 Å². The summed E-state index contributed by atoms with van der Waals surface area (Å²) in [5, 5.41) is 6.93. The molecule has 3 fully saturated rings. The van der Waals surface area contributed by atoms with Gasteiger partial charge < -0.3 is 19.4 Å². The van der Waals surface area contributed by atoms with Gasteiger partial charge in [-0.3, -0.25) is 28.9 Å². The van der Waals surface area contributed by atoms with Crippen LogP contribution in [-0.4, -0.2) is 85.9 Å². The van der Waals surface area contributed by atoms with Gasteiger partial charge in [-0.2, -0.15) is 4.98 Å². The zero-order valence-electron chi connectivity index (χ0n) is 35.5. The molecular weight excluding hydrogens is 757 g/mol. The van der Waals surface area contributed by atoms with Crippen molar-refractivity contribution in [1.29, 1.82) is 0 Å². The lowest BCUT2D eigenvalue weighted by molar-refractivity contribution is -0.135. The Morgan fingerprint density at radius 3 is 2.43 bits per heavy atom. The molecule has 1 atom stereocenters. The lowest BCUT2D eigenvalue weighted by Crippen LogP contribution is -2.44. The van der Waals surface area contributed by atoms with Crippen LogP contribution in [0.3, 0.4) is 0 Å². The molecule has 1 aliphatic carbocycles. The van der Waals surface area contributed by atoms with Gasteiger partial charge in [-0.25, -0.2) is 9.78 Å². The molecule has 8 rings (SSSR count). The zero-order valence-corrected chi connectivity index (χ0v) is 35.5. The van der Waals surface area contributed by atoms with Gasteiger partial charge >= 0.3 is 5.69 Å². The number of likely N-dealkylation sites (tertiary alicyclic amines) is 1. The van der Waals surface area contributed by atoms with Crippen molar-refractivity contribution in [1.82, 2.24) is 33.9 Å². The molecule has 2 aromatic carbocycles. The first-order valence-electron chi connectivity index (χ1n) is 22.5. The second kappa shape index (κ2) is 19.7. The lowest BCUT2D eigenvalue weighted by Gasteiger charge is -2.32. The lowest BCUT2D eigenvalue weighted by atomic mass is 9.95. The Hall–Kier alpha value is -4.85. The molecule has 0 unspecified atom stereocenters. The molecule has 3 aliphatic rings. The van der Waals surface area contributed by atoms with Crippen LogP contribution in [0.5, 0.6) is 0 Å². The Morgan fingerprint density at radius 2 is 1.65 bits per heavy atom. The number of unbranched alkanes of at least 4 members (excludes halogenated alkanes) is 1. The Balaban J connectivity index is 0.744. The van der Waals surface area contributed by atoms with E-state index in [1.165, 1.54) is 53.4 Å². The third-order valence-corrected chi connectivity index (χ3v) is 12.8. The quantitative estimate of drug-likeness (QED) is 0.0682. The minimum Gasteiger partial charge on any atom is -0.381 e. The van der Waals surface area contributed by atoms with E-state index in [-0.39, 0.29) is 18.0 Å². The van der Waals surface area contributed by atoms with Crippen molar-refractivity contribution < 1.29 is 19.1 Å². The fourth-order valence-electron chi connectivity index (χ4n) is 9.33. The molecule has 5 heterocycles. The zero-order chi connectivity index (χ0) is 41.4. The summed E-state index contributed by atoms with van der Waals surface area (Å²) in [5.41, 5.74) is 7.18. The largest absolute Gasteiger partial charge is 0.381 e. The normalized spacial score (nSPS) is 18.5. The first-order valence-corrected chi connectivity index (χ1v) is 22.5. The van der Waals surface area contributed by atoms with Gasteiger partial charge in [0.15, 0.2) is 0 Å². The van der Waals surface area contributed by atoms with Crippen molar-refractivity contribution in [3.05, 3.63) is 76.5 Å². The average Bonchev–Trinajstić information content (AvgIpc) is 3.76. The first-order chi connectivity index (χ1) is 29.4. The fraction of sp³-hybridized carbons (Fsp3) is 0.553. The van der Waals surface area contributed by atoms with E-state index in [0.29, 0.717) is 43.9 Å². The number of ether oxygens (including phenoxy) is 2. The number of aryl methyl sites for hydroxylation is 2. The number of aromatic nitrogens is 5. The summed E-state index contributed by atoms with van der Waals surface area (Å²) in [4.78, 5) is 49.5. The van der Waals surface area contributed by atoms with Crippen molar-refractivity contribution >= 4 is 39.8 Å². The number of carbonyl (C=O) groups excluding carboxylic acids is 2. The number of hydrogen-bond donors (Lipinski definition) is 2. The van der Waals surface area contributed by atoms with Crippen LogP contribution < -0.4 is 16.3 Å². The standard InChI is InChI=1S/C47H62N8O5/c1-3-4-23-48-46-49-30-38-39(32-54(44(38)51-46)36-11-6-5-7-12-36)35-16-13-34(14-17-35)31-53-24-21-37(22-25-53)60-28-9-27-59-26-8-10-33-15-18-40-42(29-33)52(2)47(58)55(40)41-19-20-43(56)50-45(41)57/h13-18,29-30,32,36-37,41H,3-12,19-28,31H2,1-2H3,(H,48,49,51)(H,50,56,57)/t41-/m0/s1. The Kier molecular flexibility index (Phi) is 13.7. The number of anilines is 1. The van der Waals surface area contributed by atoms with Crippen LogP contribution >= 0.6 is 0 Å². The molecule has 2 N–H and O–H groups in total. The Labute approximate surface area is 352 Å². The molecule has 2 aliphatic heterocycles. The molecule has 13 nitrogen and oxygen atoms in total. The van der Waals surface area contributed by atoms with E-state index < -0.39 is 11.9 Å². The van der Waals surface area contributed by atoms with Crippen molar-refractivity contribution in [2.75, 3.05) is 44.8 Å². The number of fused-ring (bicyclic) bond motifs is 2. The van der Waals surface area contributed by atoms with E-state index in [1.807, 2.05) is 24.4 Å². The molecule has 5 aromatic rings. The van der Waals surface area contributed by atoms with E-state index in [2.05, 4.69) is 57.5 Å². The summed E-state index contributed by atoms with van der Waals surface area (Å²) < 4.78 is 17.7. The molecule has 320 valence electrons. The maximum absolute atomic E-state index is 13.1. The molecule has 13 heteroatoms. The molecule has 3 aromatic heterocycles. The summed E-state index contributed by atoms with van der Waals surface area (Å²) in [5.74, 6) is 0.0166. The maximum atomic E-state index is 13.1. The molecule has 2 saturated heterocycles. The molecule has 0 spiro atoms. The highest BCUT2D eigenvalue weighted by atomic mass is 16.5. The van der Waals surface area contributed by atoms with Crippen molar-refractivity contribution in [3.63, 3.8) is 0 Å². The van der Waals surface area contributed by atoms with Crippen molar-refractivity contribution in [2.24, 2.45) is 7.05 Å². The van der Waals surface area contributed by atoms with E-state index in [4.69, 9.17) is 19.4 Å². The van der Waals surface area contributed by atoms with Crippen LogP contribution in [0, 0.1) is 0 Å². The predicted molar refractivity (Wildman–Crippen MR) is 235 cm³/mol. The number of imidazole rings is 1. The van der Waals surface area contributed by atoms with E-state index in [1.54, 1.807) is 11.6 Å². The number of carbonyl (C=O) groups is 2. The van der Waals surface area contributed by atoms with E-state index >= 15 is 0 Å². The third-order valence-electron chi connectivity index (χ3n) is 12.8. The van der Waals surface area contributed by atoms with Crippen molar-refractivity contribution in [2.45, 2.75) is 122 Å². The van der Waals surface area contributed by atoms with Crippen LogP contribution in [0.4, 0.5) is 5.95 Å². The minimum atomic E-state index is -0.675. The average molecular weight is 819 g/mol. The van der Waals surface area contributed by atoms with Gasteiger partial charge in [-0.05, 0) is 86.6 Å². The first kappa shape index (κ1) is 41.9. The smallest absolute Gasteiger partial charge is 0.329 e. The Bertz CT molecular complexity index is 2300. The molecule has 60 heavy (non-hydrogen) atoms. The van der Waals surface area contributed by atoms with Gasteiger partial charge in [0.2, 0.25) is 17.8 Å². The molecule has 0 radical (unpaired) electrons. The third kappa shape index (κ3) is 9.69. The maximum Gasteiger partial charge on any atom is 0.329 e. The number of piperidine rings is 2. The van der Waals surface area contributed by atoms with E-state index in [9.17, 15) is 14.4 Å². The fourth-order valence-corrected chi connectivity index (χ4v) is 9.33. The summed E-state index contributed by atoms with van der Waals surface area (Å²) in [6, 6.07) is 14.9. The van der Waals surface area contributed by atoms with Gasteiger partial charge in [0, 0.05) is 88.9 Å². The summed E-state index contributed by atoms with van der Waals surface area (Å²) in [7, 11) is 1.72. The second-order valence-corrected chi connectivity index (χ2v) is 17.1. The van der Waals surface area contributed by atoms with Crippen LogP contribution in [0.25, 0.3) is 33.2 Å². The number of amides is 2. The van der Waals surface area contributed by atoms with Gasteiger partial charge in [-0.1, -0.05) is 62.9 Å². The van der Waals surface area contributed by atoms with Crippen LogP contribution in [0.1, 0.15) is 114 Å². The van der Waals surface area contributed by atoms with Crippen LogP contribution in [-0.2, 0) is 39.1 Å². The van der Waals surface area contributed by atoms with Crippen molar-refractivity contribution in [3.8, 4) is 11.1 Å². The molecule has 2 amide bonds. The van der Waals surface area contributed by atoms with Gasteiger partial charge in [0.1, 0.15) is 11.7 Å². The number of nitrogens with zero attached hydrogens (tertiary/aromatic N) is 6. The van der Waals surface area contributed by atoms with E-state index in [0.717, 1.165) is 99.2 Å². The molecule has 0 bridgehead atoms. The Morgan fingerprint density at radius 1 is 0.867 bits per heavy atom. The second-order valence-electron chi connectivity index (χ2n) is 17.1. The number of nitrogens with one attached hydrogen (secondary N) is 2. The topological polar surface area (TPSA) is 138 Å². The highest BCUT2D eigenvalue weighted by Gasteiger charge is 2.31. The highest BCUT2D eigenvalue weighted by molar-refractivity contribution is 6.00. The predicted octanol–water partition coefficient (Wildman–Crippen LogP) is 7.47. The van der Waals surface area contributed by atoms with Crippen LogP contribution in [0.2, 0.25) is 0 Å².